The van der Waals surface area contributed by atoms with E-state index in [0.717, 1.165) is 6.54 Å². The first-order chi connectivity index (χ1) is 10.3. The Labute approximate surface area is 131 Å². The fraction of sp³-hybridized carbons (Fsp3) is 0.789. The minimum absolute atomic E-state index is 0.596. The first kappa shape index (κ1) is 16.6. The number of hydrogen-bond donors (Lipinski definition) is 1. The normalized spacial score (nSPS) is 18.5. The van der Waals surface area contributed by atoms with Gasteiger partial charge in [0, 0.05) is 25.0 Å². The summed E-state index contributed by atoms with van der Waals surface area (Å²) >= 11 is 0. The van der Waals surface area contributed by atoms with E-state index in [9.17, 15) is 0 Å². The Morgan fingerprint density at radius 3 is 2.67 bits per heavy atom. The number of aryl methyl sites for hydroxylation is 2. The van der Waals surface area contributed by atoms with Gasteiger partial charge in [-0.05, 0) is 43.4 Å². The number of hydrogen-bond acceptors (Lipinski definition) is 1. The van der Waals surface area contributed by atoms with Crippen molar-refractivity contribution >= 4 is 0 Å². The van der Waals surface area contributed by atoms with Crippen LogP contribution in [0.15, 0.2) is 12.4 Å². The topological polar surface area (TPSA) is 17.0 Å². The van der Waals surface area contributed by atoms with Crippen LogP contribution in [0, 0.1) is 0 Å². The smallest absolute Gasteiger partial charge is 0.0337 e. The second-order valence-corrected chi connectivity index (χ2v) is 6.60. The highest BCUT2D eigenvalue weighted by Gasteiger charge is 2.19. The standard InChI is InChI=1S/C19H34N2/c1-3-5-6-7-8-11-14-21-15-17-12-9-10-13-19(20-4-2)18(17)16-21/h15-16,19-20H,3-14H2,1-2H3. The fourth-order valence-electron chi connectivity index (χ4n) is 3.58. The van der Waals surface area contributed by atoms with E-state index in [4.69, 9.17) is 0 Å². The maximum absolute atomic E-state index is 3.67. The number of rotatable bonds is 9. The number of unbranched alkanes of at least 4 members (excludes halogenated alkanes) is 5. The Bertz CT molecular complexity index is 394. The Morgan fingerprint density at radius 2 is 1.86 bits per heavy atom. The second kappa shape index (κ2) is 9.30. The molecule has 1 unspecified atom stereocenters. The molecule has 2 nitrogen and oxygen atoms in total. The molecule has 0 spiro atoms. The second-order valence-electron chi connectivity index (χ2n) is 6.60. The zero-order chi connectivity index (χ0) is 14.9. The predicted molar refractivity (Wildman–Crippen MR) is 91.8 cm³/mol. The highest BCUT2D eigenvalue weighted by atomic mass is 15.0. The lowest BCUT2D eigenvalue weighted by Crippen LogP contribution is -2.20. The van der Waals surface area contributed by atoms with Gasteiger partial charge >= 0.3 is 0 Å². The van der Waals surface area contributed by atoms with Gasteiger partial charge in [0.2, 0.25) is 0 Å². The van der Waals surface area contributed by atoms with Crippen molar-refractivity contribution in [2.45, 2.75) is 90.6 Å². The summed E-state index contributed by atoms with van der Waals surface area (Å²) in [6.07, 6.45) is 18.5. The third kappa shape index (κ3) is 5.18. The van der Waals surface area contributed by atoms with Crippen LogP contribution in [0.25, 0.3) is 0 Å². The zero-order valence-electron chi connectivity index (χ0n) is 14.2. The van der Waals surface area contributed by atoms with Crippen molar-refractivity contribution in [2.24, 2.45) is 0 Å². The lowest BCUT2D eigenvalue weighted by molar-refractivity contribution is 0.499. The van der Waals surface area contributed by atoms with Gasteiger partial charge in [0.25, 0.3) is 0 Å². The Kier molecular flexibility index (Phi) is 7.35. The molecule has 1 atom stereocenters. The van der Waals surface area contributed by atoms with Crippen LogP contribution in [0.1, 0.15) is 88.8 Å². The van der Waals surface area contributed by atoms with Gasteiger partial charge in [-0.2, -0.15) is 0 Å². The fourth-order valence-corrected chi connectivity index (χ4v) is 3.58. The van der Waals surface area contributed by atoms with Crippen molar-refractivity contribution < 1.29 is 0 Å². The van der Waals surface area contributed by atoms with Crippen molar-refractivity contribution in [1.29, 1.82) is 0 Å². The van der Waals surface area contributed by atoms with Crippen molar-refractivity contribution in [3.63, 3.8) is 0 Å². The molecule has 1 aromatic rings. The maximum atomic E-state index is 3.67. The highest BCUT2D eigenvalue weighted by molar-refractivity contribution is 5.29. The SMILES string of the molecule is CCCCCCCCn1cc2c(c1)C(NCC)CCCC2. The van der Waals surface area contributed by atoms with E-state index in [2.05, 4.69) is 36.1 Å². The molecule has 0 aromatic carbocycles. The molecule has 120 valence electrons. The molecule has 21 heavy (non-hydrogen) atoms. The van der Waals surface area contributed by atoms with Gasteiger partial charge in [-0.1, -0.05) is 52.4 Å². The summed E-state index contributed by atoms with van der Waals surface area (Å²) in [5.41, 5.74) is 3.18. The van der Waals surface area contributed by atoms with Crippen molar-refractivity contribution in [3.8, 4) is 0 Å². The monoisotopic (exact) mass is 290 g/mol. The van der Waals surface area contributed by atoms with E-state index in [-0.39, 0.29) is 0 Å². The summed E-state index contributed by atoms with van der Waals surface area (Å²) < 4.78 is 2.46. The van der Waals surface area contributed by atoms with E-state index >= 15 is 0 Å². The average molecular weight is 290 g/mol. The molecule has 1 aromatic heterocycles. The predicted octanol–water partition coefficient (Wildman–Crippen LogP) is 5.23. The summed E-state index contributed by atoms with van der Waals surface area (Å²) in [6, 6.07) is 0.596. The number of fused-ring (bicyclic) bond motifs is 1. The van der Waals surface area contributed by atoms with E-state index in [1.54, 1.807) is 11.1 Å². The van der Waals surface area contributed by atoms with Gasteiger partial charge in [0.1, 0.15) is 0 Å². The van der Waals surface area contributed by atoms with E-state index in [0.29, 0.717) is 6.04 Å². The molecule has 1 N–H and O–H groups in total. The minimum atomic E-state index is 0.596. The molecule has 0 radical (unpaired) electrons. The first-order valence-electron chi connectivity index (χ1n) is 9.27. The molecule has 1 heterocycles. The molecule has 0 amide bonds. The van der Waals surface area contributed by atoms with Crippen LogP contribution >= 0.6 is 0 Å². The molecule has 0 saturated heterocycles. The average Bonchev–Trinajstić information content (AvgIpc) is 2.80. The Hall–Kier alpha value is -0.760. The van der Waals surface area contributed by atoms with Gasteiger partial charge in [-0.15, -0.1) is 0 Å². The van der Waals surface area contributed by atoms with Crippen LogP contribution in [-0.4, -0.2) is 11.1 Å². The summed E-state index contributed by atoms with van der Waals surface area (Å²) in [7, 11) is 0. The molecule has 1 aliphatic carbocycles. The highest BCUT2D eigenvalue weighted by Crippen LogP contribution is 2.29. The van der Waals surface area contributed by atoms with Gasteiger partial charge in [-0.25, -0.2) is 0 Å². The molecule has 0 saturated carbocycles. The summed E-state index contributed by atoms with van der Waals surface area (Å²) in [4.78, 5) is 0. The number of nitrogens with one attached hydrogen (secondary N) is 1. The molecule has 0 bridgehead atoms. The van der Waals surface area contributed by atoms with Gasteiger partial charge < -0.3 is 9.88 Å². The van der Waals surface area contributed by atoms with E-state index < -0.39 is 0 Å². The molecule has 0 fully saturated rings. The molecule has 2 heteroatoms. The third-order valence-corrected chi connectivity index (χ3v) is 4.78. The van der Waals surface area contributed by atoms with Crippen molar-refractivity contribution in [3.05, 3.63) is 23.5 Å². The lowest BCUT2D eigenvalue weighted by Gasteiger charge is -2.15. The molecular formula is C19H34N2. The Balaban J connectivity index is 1.83. The summed E-state index contributed by atoms with van der Waals surface area (Å²) in [5.74, 6) is 0. The van der Waals surface area contributed by atoms with Crippen LogP contribution in [0.2, 0.25) is 0 Å². The Morgan fingerprint density at radius 1 is 1.05 bits per heavy atom. The molecule has 0 aliphatic heterocycles. The van der Waals surface area contributed by atoms with Crippen LogP contribution < -0.4 is 5.32 Å². The quantitative estimate of drug-likeness (QED) is 0.487. The number of nitrogens with zero attached hydrogens (tertiary/aromatic N) is 1. The van der Waals surface area contributed by atoms with Gasteiger partial charge in [0.05, 0.1) is 0 Å². The zero-order valence-corrected chi connectivity index (χ0v) is 14.2. The van der Waals surface area contributed by atoms with E-state index in [1.807, 2.05) is 0 Å². The minimum Gasteiger partial charge on any atom is -0.354 e. The van der Waals surface area contributed by atoms with Crippen LogP contribution in [0.4, 0.5) is 0 Å². The maximum Gasteiger partial charge on any atom is 0.0337 e. The van der Waals surface area contributed by atoms with E-state index in [1.165, 1.54) is 70.8 Å². The largest absolute Gasteiger partial charge is 0.354 e. The number of aromatic nitrogens is 1. The summed E-state index contributed by atoms with van der Waals surface area (Å²) in [5, 5.41) is 3.67. The summed E-state index contributed by atoms with van der Waals surface area (Å²) in [6.45, 7) is 6.79. The van der Waals surface area contributed by atoms with Crippen LogP contribution in [0.3, 0.4) is 0 Å². The molecule has 2 rings (SSSR count). The van der Waals surface area contributed by atoms with Gasteiger partial charge in [0.15, 0.2) is 0 Å². The third-order valence-electron chi connectivity index (χ3n) is 4.78. The first-order valence-corrected chi connectivity index (χ1v) is 9.27. The van der Waals surface area contributed by atoms with Crippen LogP contribution in [0.5, 0.6) is 0 Å². The van der Waals surface area contributed by atoms with Crippen LogP contribution in [-0.2, 0) is 13.0 Å². The molecule has 1 aliphatic rings. The van der Waals surface area contributed by atoms with Crippen molar-refractivity contribution in [2.75, 3.05) is 6.54 Å². The van der Waals surface area contributed by atoms with Crippen molar-refractivity contribution in [1.82, 2.24) is 9.88 Å². The van der Waals surface area contributed by atoms with Gasteiger partial charge in [-0.3, -0.25) is 0 Å². The molecular weight excluding hydrogens is 256 g/mol. The lowest BCUT2D eigenvalue weighted by atomic mass is 10.0.